The summed E-state index contributed by atoms with van der Waals surface area (Å²) in [5, 5.41) is 14.7. The summed E-state index contributed by atoms with van der Waals surface area (Å²) in [6.07, 6.45) is 0. The molecule has 28 heavy (non-hydrogen) atoms. The van der Waals surface area contributed by atoms with Gasteiger partial charge in [0.25, 0.3) is 11.6 Å². The number of carbonyl (C=O) groups excluding carboxylic acids is 3. The lowest BCUT2D eigenvalue weighted by molar-refractivity contribution is -0.384. The van der Waals surface area contributed by atoms with Crippen LogP contribution in [0.4, 0.5) is 5.69 Å². The van der Waals surface area contributed by atoms with Gasteiger partial charge in [-0.3, -0.25) is 34.8 Å². The SMILES string of the molecule is O=C(C1=NN[C@@H]2C(=O)N(Cc3ccccc3)C(=O)[C@@H]12)c1ccc([N+](=O)[O-])cc1. The lowest BCUT2D eigenvalue weighted by Gasteiger charge is -2.15. The first-order valence-electron chi connectivity index (χ1n) is 8.49. The fourth-order valence-corrected chi connectivity index (χ4v) is 3.34. The van der Waals surface area contributed by atoms with Gasteiger partial charge in [-0.15, -0.1) is 0 Å². The van der Waals surface area contributed by atoms with Crippen LogP contribution in [0.1, 0.15) is 15.9 Å². The molecule has 2 heterocycles. The molecule has 0 unspecified atom stereocenters. The first kappa shape index (κ1) is 17.5. The maximum absolute atomic E-state index is 12.8. The molecule has 0 saturated carbocycles. The van der Waals surface area contributed by atoms with Crippen molar-refractivity contribution in [2.45, 2.75) is 12.6 Å². The first-order chi connectivity index (χ1) is 13.5. The second-order valence-electron chi connectivity index (χ2n) is 6.46. The number of carbonyl (C=O) groups is 3. The first-order valence-corrected chi connectivity index (χ1v) is 8.49. The van der Waals surface area contributed by atoms with E-state index in [1.54, 1.807) is 12.1 Å². The van der Waals surface area contributed by atoms with Crippen molar-refractivity contribution in [3.8, 4) is 0 Å². The zero-order valence-electron chi connectivity index (χ0n) is 14.4. The minimum Gasteiger partial charge on any atom is -0.296 e. The van der Waals surface area contributed by atoms with Gasteiger partial charge in [-0.05, 0) is 17.7 Å². The van der Waals surface area contributed by atoms with Crippen molar-refractivity contribution in [3.05, 3.63) is 75.8 Å². The summed E-state index contributed by atoms with van der Waals surface area (Å²) in [6, 6.07) is 13.2. The van der Waals surface area contributed by atoms with Gasteiger partial charge in [0.2, 0.25) is 11.7 Å². The number of hydrogen-bond donors (Lipinski definition) is 1. The van der Waals surface area contributed by atoms with Crippen molar-refractivity contribution in [1.82, 2.24) is 10.3 Å². The number of nitro groups is 1. The quantitative estimate of drug-likeness (QED) is 0.362. The molecule has 0 aliphatic carbocycles. The molecule has 2 aromatic carbocycles. The highest BCUT2D eigenvalue weighted by Crippen LogP contribution is 2.29. The number of amides is 2. The average Bonchev–Trinajstić information content (AvgIpc) is 3.24. The highest BCUT2D eigenvalue weighted by molar-refractivity contribution is 6.51. The minimum absolute atomic E-state index is 0.0623. The van der Waals surface area contributed by atoms with Crippen LogP contribution in [0.2, 0.25) is 0 Å². The number of hydrazone groups is 1. The fourth-order valence-electron chi connectivity index (χ4n) is 3.34. The summed E-state index contributed by atoms with van der Waals surface area (Å²) in [6.45, 7) is 0.117. The number of fused-ring (bicyclic) bond motifs is 1. The second-order valence-corrected chi connectivity index (χ2v) is 6.46. The molecular formula is C19H14N4O5. The molecule has 2 amide bonds. The van der Waals surface area contributed by atoms with Gasteiger partial charge in [0, 0.05) is 17.7 Å². The van der Waals surface area contributed by atoms with Gasteiger partial charge in [-0.2, -0.15) is 5.10 Å². The Morgan fingerprint density at radius 3 is 2.39 bits per heavy atom. The smallest absolute Gasteiger partial charge is 0.269 e. The third-order valence-corrected chi connectivity index (χ3v) is 4.77. The maximum Gasteiger partial charge on any atom is 0.269 e. The topological polar surface area (TPSA) is 122 Å². The van der Waals surface area contributed by atoms with E-state index in [0.29, 0.717) is 0 Å². The summed E-state index contributed by atoms with van der Waals surface area (Å²) in [5.74, 6) is -2.47. The van der Waals surface area contributed by atoms with E-state index in [1.807, 2.05) is 18.2 Å². The van der Waals surface area contributed by atoms with E-state index in [2.05, 4.69) is 10.5 Å². The summed E-state index contributed by atoms with van der Waals surface area (Å²) in [4.78, 5) is 49.5. The highest BCUT2D eigenvalue weighted by Gasteiger charge is 2.54. The molecule has 1 saturated heterocycles. The van der Waals surface area contributed by atoms with Gasteiger partial charge in [0.15, 0.2) is 0 Å². The largest absolute Gasteiger partial charge is 0.296 e. The number of hydrogen-bond acceptors (Lipinski definition) is 7. The van der Waals surface area contributed by atoms with E-state index in [0.717, 1.165) is 10.5 Å². The van der Waals surface area contributed by atoms with Gasteiger partial charge < -0.3 is 0 Å². The van der Waals surface area contributed by atoms with Crippen molar-refractivity contribution in [1.29, 1.82) is 0 Å². The number of Topliss-reactive ketones (excluding diaryl/α,β-unsaturated/α-hetero) is 1. The molecule has 2 aromatic rings. The molecule has 4 rings (SSSR count). The van der Waals surface area contributed by atoms with E-state index in [-0.39, 0.29) is 23.5 Å². The van der Waals surface area contributed by atoms with Crippen molar-refractivity contribution in [2.75, 3.05) is 0 Å². The molecule has 9 nitrogen and oxygen atoms in total. The molecule has 0 spiro atoms. The molecule has 9 heteroatoms. The Morgan fingerprint density at radius 2 is 1.75 bits per heavy atom. The number of imide groups is 1. The Bertz CT molecular complexity index is 1020. The number of nitro benzene ring substituents is 1. The normalized spacial score (nSPS) is 20.6. The Morgan fingerprint density at radius 1 is 1.07 bits per heavy atom. The molecule has 140 valence electrons. The van der Waals surface area contributed by atoms with E-state index >= 15 is 0 Å². The zero-order valence-corrected chi connectivity index (χ0v) is 14.4. The molecule has 1 N–H and O–H groups in total. The second kappa shape index (κ2) is 6.69. The Kier molecular flexibility index (Phi) is 4.19. The van der Waals surface area contributed by atoms with Crippen LogP contribution in [0.25, 0.3) is 0 Å². The van der Waals surface area contributed by atoms with Crippen molar-refractivity contribution >= 4 is 29.0 Å². The van der Waals surface area contributed by atoms with Gasteiger partial charge in [-0.25, -0.2) is 0 Å². The number of rotatable bonds is 5. The van der Waals surface area contributed by atoms with Crippen molar-refractivity contribution in [2.24, 2.45) is 11.0 Å². The van der Waals surface area contributed by atoms with Crippen LogP contribution >= 0.6 is 0 Å². The average molecular weight is 378 g/mol. The summed E-state index contributed by atoms with van der Waals surface area (Å²) < 4.78 is 0. The number of nitrogens with one attached hydrogen (secondary N) is 1. The highest BCUT2D eigenvalue weighted by atomic mass is 16.6. The maximum atomic E-state index is 12.8. The van der Waals surface area contributed by atoms with Crippen LogP contribution in [-0.2, 0) is 16.1 Å². The fraction of sp³-hybridized carbons (Fsp3) is 0.158. The van der Waals surface area contributed by atoms with Crippen LogP contribution in [0.3, 0.4) is 0 Å². The predicted molar refractivity (Wildman–Crippen MR) is 97.3 cm³/mol. The van der Waals surface area contributed by atoms with Crippen molar-refractivity contribution < 1.29 is 19.3 Å². The van der Waals surface area contributed by atoms with Gasteiger partial charge in [0.1, 0.15) is 17.7 Å². The Hall–Kier alpha value is -3.88. The molecule has 2 aliphatic heterocycles. The standard InChI is InChI=1S/C19H14N4O5/c24-17(12-6-8-13(9-7-12)23(27)28)15-14-16(21-20-15)19(26)22(18(14)25)10-11-4-2-1-3-5-11/h1-9,14,16,21H,10H2/t14-,16-/m0/s1. The number of nitrogens with zero attached hydrogens (tertiary/aromatic N) is 3. The number of benzene rings is 2. The Balaban J connectivity index is 1.56. The van der Waals surface area contributed by atoms with E-state index in [4.69, 9.17) is 0 Å². The third kappa shape index (κ3) is 2.82. The lowest BCUT2D eigenvalue weighted by Crippen LogP contribution is -2.35. The van der Waals surface area contributed by atoms with Gasteiger partial charge in [0.05, 0.1) is 11.5 Å². The molecular weight excluding hydrogens is 364 g/mol. The van der Waals surface area contributed by atoms with Crippen molar-refractivity contribution in [3.63, 3.8) is 0 Å². The summed E-state index contributed by atoms with van der Waals surface area (Å²) in [5.41, 5.74) is 3.34. The molecule has 0 radical (unpaired) electrons. The molecule has 0 bridgehead atoms. The Labute approximate surface area is 158 Å². The van der Waals surface area contributed by atoms with E-state index in [1.165, 1.54) is 24.3 Å². The van der Waals surface area contributed by atoms with Gasteiger partial charge >= 0.3 is 0 Å². The van der Waals surface area contributed by atoms with Crippen LogP contribution in [0.5, 0.6) is 0 Å². The number of ketones is 1. The summed E-state index contributed by atoms with van der Waals surface area (Å²) in [7, 11) is 0. The van der Waals surface area contributed by atoms with E-state index < -0.39 is 34.5 Å². The summed E-state index contributed by atoms with van der Waals surface area (Å²) >= 11 is 0. The van der Waals surface area contributed by atoms with E-state index in [9.17, 15) is 24.5 Å². The van der Waals surface area contributed by atoms with Crippen LogP contribution < -0.4 is 5.43 Å². The molecule has 2 aliphatic rings. The lowest BCUT2D eigenvalue weighted by atomic mass is 9.92. The minimum atomic E-state index is -1.00. The zero-order chi connectivity index (χ0) is 19.8. The molecule has 0 aromatic heterocycles. The van der Waals surface area contributed by atoms with Crippen LogP contribution in [-0.4, -0.2) is 39.2 Å². The monoisotopic (exact) mass is 378 g/mol. The molecule has 1 fully saturated rings. The third-order valence-electron chi connectivity index (χ3n) is 4.77. The van der Waals surface area contributed by atoms with Crippen LogP contribution in [0.15, 0.2) is 59.7 Å². The van der Waals surface area contributed by atoms with Gasteiger partial charge in [-0.1, -0.05) is 30.3 Å². The predicted octanol–water partition coefficient (Wildman–Crippen LogP) is 1.29. The van der Waals surface area contributed by atoms with Crippen LogP contribution in [0, 0.1) is 16.0 Å². The number of likely N-dealkylation sites (tertiary alicyclic amines) is 1. The molecule has 2 atom stereocenters. The number of non-ortho nitro benzene ring substituents is 1.